The van der Waals surface area contributed by atoms with E-state index in [2.05, 4.69) is 6.92 Å². The number of allylic oxidation sites excluding steroid dienone is 2. The molecule has 2 fully saturated rings. The standard InChI is InChI=1S/C15H23F3/c1-10-2-4-11(5-3-10)14(17)15(18)12-6-8-13(16)9-7-12/h10-13H,2-9H2,1H3/b15-14+. The van der Waals surface area contributed by atoms with Crippen LogP contribution in [-0.4, -0.2) is 6.17 Å². The van der Waals surface area contributed by atoms with Crippen molar-refractivity contribution in [3.8, 4) is 0 Å². The van der Waals surface area contributed by atoms with Gasteiger partial charge in [-0.2, -0.15) is 0 Å². The van der Waals surface area contributed by atoms with Crippen molar-refractivity contribution < 1.29 is 13.2 Å². The topological polar surface area (TPSA) is 0 Å². The Morgan fingerprint density at radius 1 is 0.722 bits per heavy atom. The normalized spacial score (nSPS) is 39.3. The molecule has 0 nitrogen and oxygen atoms in total. The van der Waals surface area contributed by atoms with Gasteiger partial charge < -0.3 is 0 Å². The lowest BCUT2D eigenvalue weighted by Gasteiger charge is -2.28. The van der Waals surface area contributed by atoms with E-state index in [1.165, 1.54) is 0 Å². The Morgan fingerprint density at radius 3 is 1.56 bits per heavy atom. The molecule has 0 unspecified atom stereocenters. The van der Waals surface area contributed by atoms with Crippen LogP contribution in [0, 0.1) is 17.8 Å². The minimum absolute atomic E-state index is 0.218. The zero-order valence-corrected chi connectivity index (χ0v) is 11.1. The van der Waals surface area contributed by atoms with Crippen LogP contribution in [0.15, 0.2) is 11.7 Å². The zero-order valence-electron chi connectivity index (χ0n) is 11.1. The van der Waals surface area contributed by atoms with Crippen molar-refractivity contribution in [2.45, 2.75) is 64.5 Å². The highest BCUT2D eigenvalue weighted by atomic mass is 19.2. The van der Waals surface area contributed by atoms with E-state index in [0.29, 0.717) is 31.6 Å². The SMILES string of the molecule is CC1CCC(/C(F)=C(\F)C2CCC(F)CC2)CC1. The van der Waals surface area contributed by atoms with Crippen LogP contribution in [0.2, 0.25) is 0 Å². The molecule has 2 rings (SSSR count). The molecule has 0 aliphatic heterocycles. The van der Waals surface area contributed by atoms with Gasteiger partial charge in [0.05, 0.1) is 0 Å². The summed E-state index contributed by atoms with van der Waals surface area (Å²) in [6.45, 7) is 2.16. The van der Waals surface area contributed by atoms with Crippen LogP contribution in [0.5, 0.6) is 0 Å². The van der Waals surface area contributed by atoms with Crippen molar-refractivity contribution in [1.82, 2.24) is 0 Å². The van der Waals surface area contributed by atoms with Gasteiger partial charge in [-0.25, -0.2) is 13.2 Å². The smallest absolute Gasteiger partial charge is 0.135 e. The van der Waals surface area contributed by atoms with Crippen molar-refractivity contribution in [3.05, 3.63) is 11.7 Å². The predicted octanol–water partition coefficient (Wildman–Crippen LogP) is 5.49. The van der Waals surface area contributed by atoms with Gasteiger partial charge in [0.1, 0.15) is 17.8 Å². The van der Waals surface area contributed by atoms with Crippen LogP contribution in [0.1, 0.15) is 58.3 Å². The van der Waals surface area contributed by atoms with Gasteiger partial charge in [-0.05, 0) is 44.4 Å². The summed E-state index contributed by atoms with van der Waals surface area (Å²) in [5, 5.41) is 0. The summed E-state index contributed by atoms with van der Waals surface area (Å²) in [6.07, 6.45) is 4.38. The highest BCUT2D eigenvalue weighted by Gasteiger charge is 2.30. The molecule has 2 aliphatic rings. The molecule has 0 aromatic rings. The number of hydrogen-bond acceptors (Lipinski definition) is 0. The molecule has 0 amide bonds. The van der Waals surface area contributed by atoms with Crippen LogP contribution in [0.25, 0.3) is 0 Å². The number of hydrogen-bond donors (Lipinski definition) is 0. The Morgan fingerprint density at radius 2 is 1.11 bits per heavy atom. The average molecular weight is 260 g/mol. The first kappa shape index (κ1) is 14.0. The summed E-state index contributed by atoms with van der Waals surface area (Å²) in [5.74, 6) is -1.04. The lowest BCUT2D eigenvalue weighted by atomic mass is 9.80. The van der Waals surface area contributed by atoms with Crippen molar-refractivity contribution >= 4 is 0 Å². The van der Waals surface area contributed by atoms with Crippen LogP contribution < -0.4 is 0 Å². The number of alkyl halides is 1. The Hall–Kier alpha value is -0.470. The summed E-state index contributed by atoms with van der Waals surface area (Å²) in [4.78, 5) is 0. The summed E-state index contributed by atoms with van der Waals surface area (Å²) in [6, 6.07) is 0. The fourth-order valence-electron chi connectivity index (χ4n) is 3.21. The van der Waals surface area contributed by atoms with Gasteiger partial charge in [-0.3, -0.25) is 0 Å². The average Bonchev–Trinajstić information content (AvgIpc) is 2.39. The minimum Gasteiger partial charge on any atom is -0.247 e. The third kappa shape index (κ3) is 3.30. The number of rotatable bonds is 2. The maximum absolute atomic E-state index is 14.1. The molecule has 0 aromatic heterocycles. The largest absolute Gasteiger partial charge is 0.247 e. The first-order valence-electron chi connectivity index (χ1n) is 7.27. The molecule has 0 spiro atoms. The predicted molar refractivity (Wildman–Crippen MR) is 67.2 cm³/mol. The first-order chi connectivity index (χ1) is 8.58. The fourth-order valence-corrected chi connectivity index (χ4v) is 3.21. The molecular formula is C15H23F3. The molecule has 0 N–H and O–H groups in total. The van der Waals surface area contributed by atoms with Crippen LogP contribution in [-0.2, 0) is 0 Å². The van der Waals surface area contributed by atoms with Crippen molar-refractivity contribution in [3.63, 3.8) is 0 Å². The van der Waals surface area contributed by atoms with Gasteiger partial charge in [0, 0.05) is 11.8 Å². The summed E-state index contributed by atoms with van der Waals surface area (Å²) in [7, 11) is 0. The lowest BCUT2D eigenvalue weighted by molar-refractivity contribution is 0.200. The Balaban J connectivity index is 1.96. The molecular weight excluding hydrogens is 237 g/mol. The van der Waals surface area contributed by atoms with Crippen molar-refractivity contribution in [2.24, 2.45) is 17.8 Å². The first-order valence-corrected chi connectivity index (χ1v) is 7.27. The third-order valence-corrected chi connectivity index (χ3v) is 4.62. The maximum Gasteiger partial charge on any atom is 0.135 e. The molecule has 104 valence electrons. The van der Waals surface area contributed by atoms with E-state index in [1.54, 1.807) is 0 Å². The lowest BCUT2D eigenvalue weighted by Crippen LogP contribution is -2.19. The van der Waals surface area contributed by atoms with Crippen molar-refractivity contribution in [1.29, 1.82) is 0 Å². The van der Waals surface area contributed by atoms with Gasteiger partial charge >= 0.3 is 0 Å². The van der Waals surface area contributed by atoms with Crippen LogP contribution in [0.4, 0.5) is 13.2 Å². The number of halogens is 3. The summed E-state index contributed by atoms with van der Waals surface area (Å²) in [5.41, 5.74) is 0. The highest BCUT2D eigenvalue weighted by Crippen LogP contribution is 2.40. The zero-order chi connectivity index (χ0) is 13.1. The van der Waals surface area contributed by atoms with Crippen molar-refractivity contribution in [2.75, 3.05) is 0 Å². The highest BCUT2D eigenvalue weighted by molar-refractivity contribution is 5.09. The van der Waals surface area contributed by atoms with E-state index in [1.807, 2.05) is 0 Å². The van der Waals surface area contributed by atoms with Gasteiger partial charge in [0.15, 0.2) is 0 Å². The maximum atomic E-state index is 14.1. The quantitative estimate of drug-likeness (QED) is 0.615. The van der Waals surface area contributed by atoms with Crippen LogP contribution >= 0.6 is 0 Å². The van der Waals surface area contributed by atoms with Gasteiger partial charge in [0.2, 0.25) is 0 Å². The molecule has 18 heavy (non-hydrogen) atoms. The fraction of sp³-hybridized carbons (Fsp3) is 0.867. The minimum atomic E-state index is -0.812. The Labute approximate surface area is 108 Å². The molecule has 0 saturated heterocycles. The Kier molecular flexibility index (Phi) is 4.74. The van der Waals surface area contributed by atoms with E-state index >= 15 is 0 Å². The molecule has 3 heteroatoms. The second kappa shape index (κ2) is 6.12. The second-order valence-corrected chi connectivity index (χ2v) is 6.10. The molecule has 0 bridgehead atoms. The van der Waals surface area contributed by atoms with Gasteiger partial charge in [-0.15, -0.1) is 0 Å². The summed E-state index contributed by atoms with van der Waals surface area (Å²) >= 11 is 0. The van der Waals surface area contributed by atoms with Crippen LogP contribution in [0.3, 0.4) is 0 Å². The van der Waals surface area contributed by atoms with E-state index < -0.39 is 17.8 Å². The molecule has 2 aliphatic carbocycles. The summed E-state index contributed by atoms with van der Waals surface area (Å²) < 4.78 is 41.2. The van der Waals surface area contributed by atoms with E-state index in [-0.39, 0.29) is 11.8 Å². The molecule has 2 saturated carbocycles. The van der Waals surface area contributed by atoms with Gasteiger partial charge in [0.25, 0.3) is 0 Å². The Bertz CT molecular complexity index is 265. The second-order valence-electron chi connectivity index (χ2n) is 6.10. The third-order valence-electron chi connectivity index (χ3n) is 4.62. The molecule has 0 atom stereocenters. The molecule has 0 radical (unpaired) electrons. The van der Waals surface area contributed by atoms with E-state index in [9.17, 15) is 13.2 Å². The van der Waals surface area contributed by atoms with E-state index in [4.69, 9.17) is 0 Å². The van der Waals surface area contributed by atoms with Gasteiger partial charge in [-0.1, -0.05) is 19.8 Å². The molecule has 0 aromatic carbocycles. The monoisotopic (exact) mass is 260 g/mol. The molecule has 0 heterocycles. The van der Waals surface area contributed by atoms with E-state index in [0.717, 1.165) is 25.7 Å².